The smallest absolute Gasteiger partial charge is 0.872 e. The van der Waals surface area contributed by atoms with E-state index in [1.54, 1.807) is 0 Å². The van der Waals surface area contributed by atoms with E-state index in [1.807, 2.05) is 0 Å². The molecule has 152 valence electrons. The molecule has 30 heavy (non-hydrogen) atoms. The molecule has 2 aromatic carbocycles. The van der Waals surface area contributed by atoms with Gasteiger partial charge in [0.1, 0.15) is 36.8 Å². The average molecular weight is 440 g/mol. The third kappa shape index (κ3) is 3.89. The number of carbonyl (C=O) groups excluding carboxylic acids is 2. The number of rotatable bonds is 3. The molecule has 1 fully saturated rings. The molecule has 4 N–H and O–H groups in total. The second-order valence-corrected chi connectivity index (χ2v) is 6.86. The maximum absolute atomic E-state index is 12.9. The van der Waals surface area contributed by atoms with Gasteiger partial charge in [-0.15, -0.1) is 0 Å². The van der Waals surface area contributed by atoms with Crippen molar-refractivity contribution in [3.05, 3.63) is 58.7 Å². The molecule has 1 aliphatic heterocycles. The number of ether oxygens (including phenoxy) is 2. The Morgan fingerprint density at radius 1 is 0.867 bits per heavy atom. The summed E-state index contributed by atoms with van der Waals surface area (Å²) in [7, 11) is 0. The quantitative estimate of drug-likeness (QED) is 0.296. The van der Waals surface area contributed by atoms with Crippen LogP contribution in [0.3, 0.4) is 0 Å². The standard InChI is InChI=1S/C20H18O9.K/c21-10-5-1-3-8-13(10)17(24)14-9(15(8)22)4-2-6-11(14)28-7-12-16(23)18(25)19(26)20(27)29-12;/h1-6,12,16,18-21,23,25-27H,7H2;/q;+1/p-1. The molecular weight excluding hydrogens is 423 g/mol. The predicted octanol–water partition coefficient (Wildman–Crippen LogP) is -4.28. The molecule has 0 bridgehead atoms. The van der Waals surface area contributed by atoms with Crippen molar-refractivity contribution in [3.8, 4) is 11.5 Å². The van der Waals surface area contributed by atoms with Crippen LogP contribution in [0.5, 0.6) is 11.5 Å². The normalized spacial score (nSPS) is 27.7. The first-order chi connectivity index (χ1) is 13.8. The van der Waals surface area contributed by atoms with E-state index < -0.39 is 54.6 Å². The SMILES string of the molecule is O=C1c2cccc([O-])c2C(=O)c2c(OCC3OC(O)C(O)C(O)C3O)cccc21.[K+]. The van der Waals surface area contributed by atoms with Crippen molar-refractivity contribution in [2.75, 3.05) is 6.61 Å². The molecule has 5 atom stereocenters. The second kappa shape index (κ2) is 9.13. The molecule has 2 aliphatic rings. The summed E-state index contributed by atoms with van der Waals surface area (Å²) in [6.07, 6.45) is -7.84. The van der Waals surface area contributed by atoms with Crippen LogP contribution < -0.4 is 61.2 Å². The minimum Gasteiger partial charge on any atom is -0.872 e. The summed E-state index contributed by atoms with van der Waals surface area (Å²) in [5.41, 5.74) is -0.215. The third-order valence-corrected chi connectivity index (χ3v) is 5.09. The third-order valence-electron chi connectivity index (χ3n) is 5.09. The van der Waals surface area contributed by atoms with Crippen LogP contribution in [0.2, 0.25) is 0 Å². The first kappa shape index (κ1) is 23.5. The maximum atomic E-state index is 12.9. The van der Waals surface area contributed by atoms with Gasteiger partial charge in [-0.25, -0.2) is 0 Å². The summed E-state index contributed by atoms with van der Waals surface area (Å²) in [5.74, 6) is -1.73. The molecule has 0 spiro atoms. The van der Waals surface area contributed by atoms with E-state index >= 15 is 0 Å². The minimum absolute atomic E-state index is 0. The number of hydrogen-bond donors (Lipinski definition) is 4. The first-order valence-corrected chi connectivity index (χ1v) is 8.84. The Morgan fingerprint density at radius 2 is 1.50 bits per heavy atom. The van der Waals surface area contributed by atoms with Crippen molar-refractivity contribution in [1.82, 2.24) is 0 Å². The van der Waals surface area contributed by atoms with Crippen molar-refractivity contribution in [2.24, 2.45) is 0 Å². The Bertz CT molecular complexity index is 992. The molecule has 10 heteroatoms. The van der Waals surface area contributed by atoms with Gasteiger partial charge in [0, 0.05) is 16.7 Å². The van der Waals surface area contributed by atoms with Gasteiger partial charge in [0.25, 0.3) is 0 Å². The van der Waals surface area contributed by atoms with Crippen LogP contribution in [0.25, 0.3) is 0 Å². The average Bonchev–Trinajstić information content (AvgIpc) is 2.71. The van der Waals surface area contributed by atoms with Crippen molar-refractivity contribution in [1.29, 1.82) is 0 Å². The van der Waals surface area contributed by atoms with E-state index in [0.29, 0.717) is 0 Å². The second-order valence-electron chi connectivity index (χ2n) is 6.86. The van der Waals surface area contributed by atoms with E-state index in [-0.39, 0.29) is 79.4 Å². The minimum atomic E-state index is -1.73. The van der Waals surface area contributed by atoms with E-state index in [9.17, 15) is 35.1 Å². The van der Waals surface area contributed by atoms with Crippen LogP contribution in [0.1, 0.15) is 31.8 Å². The maximum Gasteiger partial charge on any atom is 1.00 e. The number of aliphatic hydroxyl groups excluding tert-OH is 4. The van der Waals surface area contributed by atoms with Crippen LogP contribution >= 0.6 is 0 Å². The van der Waals surface area contributed by atoms with Crippen LogP contribution in [0, 0.1) is 0 Å². The van der Waals surface area contributed by atoms with Gasteiger partial charge >= 0.3 is 51.4 Å². The topological polar surface area (TPSA) is 157 Å². The van der Waals surface area contributed by atoms with E-state index in [0.717, 1.165) is 0 Å². The fraction of sp³-hybridized carbons (Fsp3) is 0.300. The summed E-state index contributed by atoms with van der Waals surface area (Å²) in [5, 5.41) is 51.1. The zero-order valence-corrected chi connectivity index (χ0v) is 19.0. The van der Waals surface area contributed by atoms with Gasteiger partial charge in [0.05, 0.1) is 5.56 Å². The molecule has 9 nitrogen and oxygen atoms in total. The number of fused-ring (bicyclic) bond motifs is 2. The Balaban J connectivity index is 0.00000256. The van der Waals surface area contributed by atoms with Crippen LogP contribution in [0.4, 0.5) is 0 Å². The largest absolute Gasteiger partial charge is 1.00 e. The molecule has 2 aromatic rings. The van der Waals surface area contributed by atoms with Gasteiger partial charge in [0.15, 0.2) is 17.9 Å². The molecule has 5 unspecified atom stereocenters. The fourth-order valence-electron chi connectivity index (χ4n) is 3.54. The fourth-order valence-corrected chi connectivity index (χ4v) is 3.54. The molecule has 0 aromatic heterocycles. The van der Waals surface area contributed by atoms with Gasteiger partial charge < -0.3 is 35.0 Å². The Kier molecular flexibility index (Phi) is 7.14. The number of benzene rings is 2. The number of ketones is 2. The zero-order valence-electron chi connectivity index (χ0n) is 15.9. The van der Waals surface area contributed by atoms with E-state index in [2.05, 4.69) is 0 Å². The van der Waals surface area contributed by atoms with Crippen molar-refractivity contribution in [3.63, 3.8) is 0 Å². The predicted molar refractivity (Wildman–Crippen MR) is 93.6 cm³/mol. The van der Waals surface area contributed by atoms with Crippen molar-refractivity contribution < 1.29 is 96.0 Å². The molecule has 0 amide bonds. The van der Waals surface area contributed by atoms with E-state index in [1.165, 1.54) is 36.4 Å². The van der Waals surface area contributed by atoms with E-state index in [4.69, 9.17) is 9.47 Å². The summed E-state index contributed by atoms with van der Waals surface area (Å²) in [6.45, 7) is -0.397. The Hall–Kier alpha value is -1.18. The van der Waals surface area contributed by atoms with Crippen molar-refractivity contribution in [2.45, 2.75) is 30.7 Å². The van der Waals surface area contributed by atoms with Gasteiger partial charge in [0.2, 0.25) is 0 Å². The van der Waals surface area contributed by atoms with Gasteiger partial charge in [-0.05, 0) is 6.07 Å². The monoisotopic (exact) mass is 440 g/mol. The molecule has 0 saturated carbocycles. The molecule has 1 heterocycles. The number of carbonyl (C=O) groups is 2. The van der Waals surface area contributed by atoms with Crippen LogP contribution in [0.15, 0.2) is 36.4 Å². The molecule has 0 radical (unpaired) electrons. The van der Waals surface area contributed by atoms with Gasteiger partial charge in [-0.2, -0.15) is 0 Å². The first-order valence-electron chi connectivity index (χ1n) is 8.84. The summed E-state index contributed by atoms with van der Waals surface area (Å²) >= 11 is 0. The summed E-state index contributed by atoms with van der Waals surface area (Å²) in [4.78, 5) is 25.7. The summed E-state index contributed by atoms with van der Waals surface area (Å²) < 4.78 is 10.6. The van der Waals surface area contributed by atoms with Gasteiger partial charge in [-0.1, -0.05) is 36.1 Å². The van der Waals surface area contributed by atoms with Crippen LogP contribution in [-0.2, 0) is 4.74 Å². The molecule has 4 rings (SSSR count). The summed E-state index contributed by atoms with van der Waals surface area (Å²) in [6, 6.07) is 8.37. The number of aliphatic hydroxyl groups is 4. The van der Waals surface area contributed by atoms with Crippen molar-refractivity contribution >= 4 is 11.6 Å². The molecule has 1 aliphatic carbocycles. The number of hydrogen-bond acceptors (Lipinski definition) is 9. The zero-order chi connectivity index (χ0) is 20.9. The molecule has 1 saturated heterocycles. The Labute approximate surface area is 213 Å². The van der Waals surface area contributed by atoms with Crippen LogP contribution in [-0.4, -0.2) is 69.3 Å². The Morgan fingerprint density at radius 3 is 2.20 bits per heavy atom. The van der Waals surface area contributed by atoms with Gasteiger partial charge in [-0.3, -0.25) is 9.59 Å². The molecular formula is C20H17KO9.